The first kappa shape index (κ1) is 16.0. The second kappa shape index (κ2) is 7.56. The van der Waals surface area contributed by atoms with Crippen molar-refractivity contribution in [2.75, 3.05) is 7.11 Å². The third-order valence-corrected chi connectivity index (χ3v) is 3.78. The van der Waals surface area contributed by atoms with Crippen molar-refractivity contribution < 1.29 is 19.4 Å². The van der Waals surface area contributed by atoms with Gasteiger partial charge in [-0.1, -0.05) is 12.1 Å². The molecule has 0 aliphatic heterocycles. The fraction of sp³-hybridized carbons (Fsp3) is 0.267. The Bertz CT molecular complexity index is 652. The maximum Gasteiger partial charge on any atom is 0.227 e. The Labute approximate surface area is 131 Å². The molecule has 2 aromatic rings. The van der Waals surface area contributed by atoms with Crippen LogP contribution in [0.1, 0.15) is 16.3 Å². The van der Waals surface area contributed by atoms with Crippen LogP contribution in [0.4, 0.5) is 0 Å². The standard InChI is InChI=1S/C15H16N2O4S/c1-21-12-4-2-10(3-5-12)8-16-13(18)7-14-17-11(9-22-14)6-15(19)20/h2-5,9H,6-8H2,1H3,(H,16,18)(H,19,20)/p-1. The highest BCUT2D eigenvalue weighted by Gasteiger charge is 2.08. The maximum absolute atomic E-state index is 11.8. The molecule has 7 heteroatoms. The van der Waals surface area contributed by atoms with Crippen LogP contribution >= 0.6 is 11.3 Å². The minimum atomic E-state index is -1.18. The van der Waals surface area contributed by atoms with E-state index in [4.69, 9.17) is 4.74 Å². The molecule has 0 saturated heterocycles. The van der Waals surface area contributed by atoms with Crippen molar-refractivity contribution in [2.45, 2.75) is 19.4 Å². The zero-order valence-corrected chi connectivity index (χ0v) is 12.8. The first-order valence-electron chi connectivity index (χ1n) is 6.59. The average Bonchev–Trinajstić information content (AvgIpc) is 2.92. The van der Waals surface area contributed by atoms with E-state index < -0.39 is 5.97 Å². The van der Waals surface area contributed by atoms with Crippen LogP contribution < -0.4 is 15.2 Å². The number of nitrogens with one attached hydrogen (secondary N) is 1. The van der Waals surface area contributed by atoms with Crippen LogP contribution in [0.15, 0.2) is 29.6 Å². The summed E-state index contributed by atoms with van der Waals surface area (Å²) in [6, 6.07) is 7.41. The van der Waals surface area contributed by atoms with Gasteiger partial charge < -0.3 is 20.0 Å². The Kier molecular flexibility index (Phi) is 5.48. The first-order chi connectivity index (χ1) is 10.6. The first-order valence-corrected chi connectivity index (χ1v) is 7.47. The molecule has 6 nitrogen and oxygen atoms in total. The number of methoxy groups -OCH3 is 1. The van der Waals surface area contributed by atoms with Crippen LogP contribution in [-0.2, 0) is 29.0 Å². The smallest absolute Gasteiger partial charge is 0.227 e. The van der Waals surface area contributed by atoms with Crippen LogP contribution in [0, 0.1) is 0 Å². The van der Waals surface area contributed by atoms with E-state index in [0.29, 0.717) is 17.2 Å². The van der Waals surface area contributed by atoms with E-state index in [2.05, 4.69) is 10.3 Å². The molecule has 116 valence electrons. The zero-order chi connectivity index (χ0) is 15.9. The van der Waals surface area contributed by atoms with E-state index in [-0.39, 0.29) is 18.7 Å². The molecule has 2 rings (SSSR count). The van der Waals surface area contributed by atoms with Crippen molar-refractivity contribution in [3.8, 4) is 5.75 Å². The molecule has 0 fully saturated rings. The number of rotatable bonds is 7. The Morgan fingerprint density at radius 2 is 2.00 bits per heavy atom. The number of aliphatic carboxylic acids is 1. The number of carbonyl (C=O) groups excluding carboxylic acids is 2. The number of ether oxygens (including phenoxy) is 1. The highest BCUT2D eigenvalue weighted by Crippen LogP contribution is 2.12. The lowest BCUT2D eigenvalue weighted by Gasteiger charge is -2.05. The third-order valence-electron chi connectivity index (χ3n) is 2.89. The summed E-state index contributed by atoms with van der Waals surface area (Å²) in [5.74, 6) is -0.579. The molecule has 1 N–H and O–H groups in total. The second-order valence-corrected chi connectivity index (χ2v) is 5.53. The van der Waals surface area contributed by atoms with Gasteiger partial charge in [0.2, 0.25) is 5.91 Å². The molecule has 0 aliphatic rings. The van der Waals surface area contributed by atoms with Crippen LogP contribution in [0.3, 0.4) is 0 Å². The Hall–Kier alpha value is -2.41. The quantitative estimate of drug-likeness (QED) is 0.793. The van der Waals surface area contributed by atoms with Gasteiger partial charge in [0.1, 0.15) is 10.8 Å². The van der Waals surface area contributed by atoms with Crippen molar-refractivity contribution in [3.63, 3.8) is 0 Å². The number of hydrogen-bond acceptors (Lipinski definition) is 6. The summed E-state index contributed by atoms with van der Waals surface area (Å²) in [4.78, 5) is 26.4. The second-order valence-electron chi connectivity index (χ2n) is 4.58. The Morgan fingerprint density at radius 3 is 2.64 bits per heavy atom. The lowest BCUT2D eigenvalue weighted by atomic mass is 10.2. The van der Waals surface area contributed by atoms with Crippen LogP contribution in [-0.4, -0.2) is 24.0 Å². The van der Waals surface area contributed by atoms with E-state index in [9.17, 15) is 14.7 Å². The molecular formula is C15H15N2O4S-. The minimum absolute atomic E-state index is 0.133. The molecule has 1 aromatic carbocycles. The molecule has 0 saturated carbocycles. The summed E-state index contributed by atoms with van der Waals surface area (Å²) in [6.45, 7) is 0.417. The van der Waals surface area contributed by atoms with Gasteiger partial charge >= 0.3 is 0 Å². The van der Waals surface area contributed by atoms with Gasteiger partial charge in [-0.05, 0) is 17.7 Å². The van der Waals surface area contributed by atoms with Crippen LogP contribution in [0.25, 0.3) is 0 Å². The molecule has 1 amide bonds. The molecule has 0 unspecified atom stereocenters. The van der Waals surface area contributed by atoms with E-state index in [1.165, 1.54) is 11.3 Å². The largest absolute Gasteiger partial charge is 0.550 e. The van der Waals surface area contributed by atoms with E-state index in [1.54, 1.807) is 12.5 Å². The number of hydrogen-bond donors (Lipinski definition) is 1. The molecular weight excluding hydrogens is 304 g/mol. The summed E-state index contributed by atoms with van der Waals surface area (Å²) < 4.78 is 5.06. The van der Waals surface area contributed by atoms with Crippen molar-refractivity contribution in [2.24, 2.45) is 0 Å². The van der Waals surface area contributed by atoms with Crippen molar-refractivity contribution >= 4 is 23.2 Å². The molecule has 1 aromatic heterocycles. The van der Waals surface area contributed by atoms with Gasteiger partial charge in [-0.15, -0.1) is 11.3 Å². The van der Waals surface area contributed by atoms with Crippen LogP contribution in [0.5, 0.6) is 5.75 Å². The third kappa shape index (κ3) is 4.85. The monoisotopic (exact) mass is 319 g/mol. The number of carboxylic acids is 1. The van der Waals surface area contributed by atoms with Gasteiger partial charge in [0.15, 0.2) is 0 Å². The number of aromatic nitrogens is 1. The molecule has 22 heavy (non-hydrogen) atoms. The summed E-state index contributed by atoms with van der Waals surface area (Å²) in [5, 5.41) is 15.5. The molecule has 0 aliphatic carbocycles. The summed E-state index contributed by atoms with van der Waals surface area (Å²) in [5.41, 5.74) is 1.38. The molecule has 1 heterocycles. The number of nitrogens with zero attached hydrogens (tertiary/aromatic N) is 1. The van der Waals surface area contributed by atoms with Gasteiger partial charge in [0.05, 0.1) is 19.2 Å². The van der Waals surface area contributed by atoms with E-state index in [1.807, 2.05) is 24.3 Å². The highest BCUT2D eigenvalue weighted by atomic mass is 32.1. The Morgan fingerprint density at radius 1 is 1.27 bits per heavy atom. The average molecular weight is 319 g/mol. The predicted molar refractivity (Wildman–Crippen MR) is 79.4 cm³/mol. The minimum Gasteiger partial charge on any atom is -0.550 e. The SMILES string of the molecule is COc1ccc(CNC(=O)Cc2nc(CC(=O)[O-])cs2)cc1. The summed E-state index contributed by atoms with van der Waals surface area (Å²) in [6.07, 6.45) is -0.0994. The fourth-order valence-electron chi connectivity index (χ4n) is 1.80. The van der Waals surface area contributed by atoms with Gasteiger partial charge in [-0.2, -0.15) is 0 Å². The lowest BCUT2D eigenvalue weighted by Crippen LogP contribution is -2.25. The Balaban J connectivity index is 1.82. The normalized spacial score (nSPS) is 10.2. The molecule has 0 atom stereocenters. The van der Waals surface area contributed by atoms with Gasteiger partial charge in [-0.3, -0.25) is 4.79 Å². The summed E-state index contributed by atoms with van der Waals surface area (Å²) >= 11 is 1.27. The topological polar surface area (TPSA) is 91.3 Å². The maximum atomic E-state index is 11.8. The molecule has 0 spiro atoms. The van der Waals surface area contributed by atoms with E-state index in [0.717, 1.165) is 11.3 Å². The highest BCUT2D eigenvalue weighted by molar-refractivity contribution is 7.09. The fourth-order valence-corrected chi connectivity index (χ4v) is 2.60. The zero-order valence-electron chi connectivity index (χ0n) is 12.0. The molecule has 0 bridgehead atoms. The molecule has 0 radical (unpaired) electrons. The van der Waals surface area contributed by atoms with Gasteiger partial charge in [-0.25, -0.2) is 4.98 Å². The number of carbonyl (C=O) groups is 2. The number of benzene rings is 1. The predicted octanol–water partition coefficient (Wildman–Crippen LogP) is 0.303. The number of carboxylic acid groups (broad SMARTS) is 1. The number of thiazole rings is 1. The van der Waals surface area contributed by atoms with Crippen molar-refractivity contribution in [3.05, 3.63) is 45.9 Å². The van der Waals surface area contributed by atoms with Crippen molar-refractivity contribution in [1.82, 2.24) is 10.3 Å². The van der Waals surface area contributed by atoms with Crippen molar-refractivity contribution in [1.29, 1.82) is 0 Å². The van der Waals surface area contributed by atoms with E-state index >= 15 is 0 Å². The van der Waals surface area contributed by atoms with Gasteiger partial charge in [0, 0.05) is 24.3 Å². The summed E-state index contributed by atoms with van der Waals surface area (Å²) in [7, 11) is 1.60. The van der Waals surface area contributed by atoms with Crippen LogP contribution in [0.2, 0.25) is 0 Å². The number of amides is 1. The lowest BCUT2D eigenvalue weighted by molar-refractivity contribution is -0.304. The van der Waals surface area contributed by atoms with Gasteiger partial charge in [0.25, 0.3) is 0 Å².